The van der Waals surface area contributed by atoms with Gasteiger partial charge in [-0.3, -0.25) is 4.79 Å². The van der Waals surface area contributed by atoms with Crippen LogP contribution in [0.2, 0.25) is 0 Å². The van der Waals surface area contributed by atoms with Crippen molar-refractivity contribution in [3.05, 3.63) is 41.7 Å². The predicted octanol–water partition coefficient (Wildman–Crippen LogP) is 3.04. The third kappa shape index (κ3) is 2.11. The van der Waals surface area contributed by atoms with Crippen molar-refractivity contribution in [1.82, 2.24) is 14.5 Å². The molecule has 0 saturated heterocycles. The number of benzene rings is 1. The van der Waals surface area contributed by atoms with Gasteiger partial charge in [-0.1, -0.05) is 18.2 Å². The number of aliphatic hydroxyl groups is 1. The smallest absolute Gasteiger partial charge is 0.275 e. The van der Waals surface area contributed by atoms with Gasteiger partial charge in [0.05, 0.1) is 17.2 Å². The lowest BCUT2D eigenvalue weighted by Gasteiger charge is -2.34. The van der Waals surface area contributed by atoms with Crippen LogP contribution in [0.3, 0.4) is 0 Å². The van der Waals surface area contributed by atoms with Gasteiger partial charge in [0.15, 0.2) is 6.23 Å². The van der Waals surface area contributed by atoms with Crippen LogP contribution in [-0.2, 0) is 11.5 Å². The summed E-state index contributed by atoms with van der Waals surface area (Å²) in [6, 6.07) is 7.92. The summed E-state index contributed by atoms with van der Waals surface area (Å²) in [5.41, 5.74) is 2.25. The fourth-order valence-corrected chi connectivity index (χ4v) is 3.77. The van der Waals surface area contributed by atoms with Crippen molar-refractivity contribution in [2.45, 2.75) is 39.3 Å². The molecular formula is C19H21N3O3. The normalized spacial score (nSPS) is 17.7. The quantitative estimate of drug-likeness (QED) is 0.779. The van der Waals surface area contributed by atoms with Crippen LogP contribution in [0.25, 0.3) is 21.8 Å². The van der Waals surface area contributed by atoms with E-state index in [-0.39, 0.29) is 5.91 Å². The molecule has 0 bridgehead atoms. The van der Waals surface area contributed by atoms with Gasteiger partial charge in [0, 0.05) is 29.0 Å². The Morgan fingerprint density at radius 2 is 1.96 bits per heavy atom. The molecule has 1 unspecified atom stereocenters. The molecule has 6 nitrogen and oxygen atoms in total. The van der Waals surface area contributed by atoms with Crippen LogP contribution >= 0.6 is 0 Å². The molecule has 0 fully saturated rings. The maximum absolute atomic E-state index is 12.8. The molecule has 130 valence electrons. The standard InChI is InChI=1S/C19H21N3O3/c1-19(2,3)22-17(23)15-14-11-7-5-6-8-12(11)21(10-25-4)13(14)9-20-16(15)18(22)24/h5-9,17,23H,10H2,1-4H3. The maximum Gasteiger partial charge on any atom is 0.275 e. The van der Waals surface area contributed by atoms with Gasteiger partial charge in [0.2, 0.25) is 0 Å². The minimum atomic E-state index is -1.01. The van der Waals surface area contributed by atoms with Crippen molar-refractivity contribution < 1.29 is 14.6 Å². The highest BCUT2D eigenvalue weighted by atomic mass is 16.5. The molecule has 2 aromatic heterocycles. The summed E-state index contributed by atoms with van der Waals surface area (Å²) in [5.74, 6) is -0.236. The molecule has 6 heteroatoms. The summed E-state index contributed by atoms with van der Waals surface area (Å²) in [5, 5.41) is 12.8. The topological polar surface area (TPSA) is 67.6 Å². The number of hydrogen-bond acceptors (Lipinski definition) is 4. The van der Waals surface area contributed by atoms with E-state index in [9.17, 15) is 9.90 Å². The lowest BCUT2D eigenvalue weighted by Crippen LogP contribution is -2.43. The Hall–Kier alpha value is -2.44. The van der Waals surface area contributed by atoms with Gasteiger partial charge in [0.25, 0.3) is 5.91 Å². The number of fused-ring (bicyclic) bond motifs is 5. The zero-order chi connectivity index (χ0) is 17.9. The van der Waals surface area contributed by atoms with Gasteiger partial charge in [-0.2, -0.15) is 0 Å². The van der Waals surface area contributed by atoms with Crippen molar-refractivity contribution in [2.24, 2.45) is 0 Å². The van der Waals surface area contributed by atoms with Crippen LogP contribution in [0.1, 0.15) is 43.1 Å². The number of carbonyl (C=O) groups excluding carboxylic acids is 1. The van der Waals surface area contributed by atoms with Gasteiger partial charge >= 0.3 is 0 Å². The van der Waals surface area contributed by atoms with E-state index < -0.39 is 11.8 Å². The van der Waals surface area contributed by atoms with E-state index in [4.69, 9.17) is 4.74 Å². The molecule has 0 spiro atoms. The van der Waals surface area contributed by atoms with Gasteiger partial charge < -0.3 is 19.3 Å². The monoisotopic (exact) mass is 339 g/mol. The molecular weight excluding hydrogens is 318 g/mol. The Balaban J connectivity index is 2.10. The van der Waals surface area contributed by atoms with Crippen LogP contribution in [0.4, 0.5) is 0 Å². The second-order valence-corrected chi connectivity index (χ2v) is 7.36. The molecule has 1 aliphatic rings. The SMILES string of the molecule is COCn1c2ccccc2c2c3c(ncc21)C(=O)N(C(C)(C)C)C3O. The Bertz CT molecular complexity index is 1000. The average molecular weight is 339 g/mol. The summed E-state index contributed by atoms with van der Waals surface area (Å²) < 4.78 is 7.35. The Morgan fingerprint density at radius 1 is 1.24 bits per heavy atom. The summed E-state index contributed by atoms with van der Waals surface area (Å²) in [6.07, 6.45) is 0.685. The first-order valence-corrected chi connectivity index (χ1v) is 8.26. The van der Waals surface area contributed by atoms with E-state index in [1.165, 1.54) is 4.90 Å². The fraction of sp³-hybridized carbons (Fsp3) is 0.368. The second-order valence-electron chi connectivity index (χ2n) is 7.36. The first kappa shape index (κ1) is 16.1. The Labute approximate surface area is 145 Å². The molecule has 3 aromatic rings. The van der Waals surface area contributed by atoms with Gasteiger partial charge in [-0.25, -0.2) is 4.98 Å². The lowest BCUT2D eigenvalue weighted by molar-refractivity contribution is -0.0222. The lowest BCUT2D eigenvalue weighted by atomic mass is 10.0. The van der Waals surface area contributed by atoms with E-state index in [2.05, 4.69) is 4.98 Å². The molecule has 1 aliphatic heterocycles. The minimum absolute atomic E-state index is 0.236. The van der Waals surface area contributed by atoms with Crippen LogP contribution in [0, 0.1) is 0 Å². The highest BCUT2D eigenvalue weighted by molar-refractivity contribution is 6.13. The number of carbonyl (C=O) groups is 1. The number of aromatic nitrogens is 2. The molecule has 0 aliphatic carbocycles. The zero-order valence-electron chi connectivity index (χ0n) is 14.8. The predicted molar refractivity (Wildman–Crippen MR) is 95.1 cm³/mol. The van der Waals surface area contributed by atoms with Crippen LogP contribution in [0.5, 0.6) is 0 Å². The van der Waals surface area contributed by atoms with Gasteiger partial charge in [-0.15, -0.1) is 0 Å². The molecule has 1 N–H and O–H groups in total. The van der Waals surface area contributed by atoms with Crippen molar-refractivity contribution in [3.63, 3.8) is 0 Å². The van der Waals surface area contributed by atoms with E-state index in [0.717, 1.165) is 21.8 Å². The zero-order valence-corrected chi connectivity index (χ0v) is 14.8. The first-order chi connectivity index (χ1) is 11.9. The highest BCUT2D eigenvalue weighted by Gasteiger charge is 2.44. The van der Waals surface area contributed by atoms with Gasteiger partial charge in [0.1, 0.15) is 12.4 Å². The second kappa shape index (κ2) is 5.28. The largest absolute Gasteiger partial charge is 0.369 e. The molecule has 1 amide bonds. The molecule has 25 heavy (non-hydrogen) atoms. The molecule has 1 aromatic carbocycles. The average Bonchev–Trinajstić information content (AvgIpc) is 3.01. The Kier molecular flexibility index (Phi) is 3.39. The minimum Gasteiger partial charge on any atom is -0.369 e. The molecule has 4 rings (SSSR count). The maximum atomic E-state index is 12.8. The summed E-state index contributed by atoms with van der Waals surface area (Å²) in [7, 11) is 1.64. The molecule has 0 saturated carbocycles. The van der Waals surface area contributed by atoms with Gasteiger partial charge in [-0.05, 0) is 26.8 Å². The molecule has 3 heterocycles. The summed E-state index contributed by atoms with van der Waals surface area (Å²) >= 11 is 0. The van der Waals surface area contributed by atoms with E-state index >= 15 is 0 Å². The van der Waals surface area contributed by atoms with Crippen molar-refractivity contribution >= 4 is 27.7 Å². The number of para-hydroxylation sites is 1. The number of amides is 1. The molecule has 0 radical (unpaired) electrons. The van der Waals surface area contributed by atoms with Crippen LogP contribution in [-0.4, -0.2) is 38.1 Å². The van der Waals surface area contributed by atoms with Crippen LogP contribution < -0.4 is 0 Å². The summed E-state index contributed by atoms with van der Waals surface area (Å²) in [6.45, 7) is 6.10. The number of nitrogens with zero attached hydrogens (tertiary/aromatic N) is 3. The van der Waals surface area contributed by atoms with Crippen molar-refractivity contribution in [2.75, 3.05) is 7.11 Å². The fourth-order valence-electron chi connectivity index (χ4n) is 3.77. The molecule has 1 atom stereocenters. The highest BCUT2D eigenvalue weighted by Crippen LogP contribution is 2.42. The number of hydrogen-bond donors (Lipinski definition) is 1. The number of aliphatic hydroxyl groups excluding tert-OH is 1. The number of ether oxygens (including phenoxy) is 1. The first-order valence-electron chi connectivity index (χ1n) is 8.26. The van der Waals surface area contributed by atoms with E-state index in [0.29, 0.717) is 18.0 Å². The number of rotatable bonds is 2. The summed E-state index contributed by atoms with van der Waals surface area (Å²) in [4.78, 5) is 18.7. The van der Waals surface area contributed by atoms with Crippen molar-refractivity contribution in [3.8, 4) is 0 Å². The Morgan fingerprint density at radius 3 is 2.64 bits per heavy atom. The number of pyridine rings is 1. The van der Waals surface area contributed by atoms with E-state index in [1.807, 2.05) is 49.6 Å². The van der Waals surface area contributed by atoms with Crippen LogP contribution in [0.15, 0.2) is 30.5 Å². The number of methoxy groups -OCH3 is 1. The third-order valence-electron chi connectivity index (χ3n) is 4.76. The third-order valence-corrected chi connectivity index (χ3v) is 4.76. The van der Waals surface area contributed by atoms with E-state index in [1.54, 1.807) is 13.3 Å². The van der Waals surface area contributed by atoms with Crippen molar-refractivity contribution in [1.29, 1.82) is 0 Å².